The Morgan fingerprint density at radius 2 is 1.33 bits per heavy atom. The van der Waals surface area contributed by atoms with E-state index in [0.717, 1.165) is 0 Å². The minimum absolute atomic E-state index is 0.0634. The minimum Gasteiger partial charge on any atom is -0.507 e. The lowest BCUT2D eigenvalue weighted by Crippen LogP contribution is -2.15. The van der Waals surface area contributed by atoms with E-state index in [1.54, 1.807) is 54.6 Å². The highest BCUT2D eigenvalue weighted by molar-refractivity contribution is 6.21. The molecule has 1 aliphatic rings. The van der Waals surface area contributed by atoms with Crippen LogP contribution in [-0.2, 0) is 4.74 Å². The molecule has 27 heavy (non-hydrogen) atoms. The maximum Gasteiger partial charge on any atom is 0.342 e. The van der Waals surface area contributed by atoms with Crippen LogP contribution in [0, 0.1) is 0 Å². The molecule has 0 atom stereocenters. The lowest BCUT2D eigenvalue weighted by Gasteiger charge is -2.22. The van der Waals surface area contributed by atoms with Gasteiger partial charge in [0.25, 0.3) is 0 Å². The summed E-state index contributed by atoms with van der Waals surface area (Å²) < 4.78 is 5.32. The summed E-state index contributed by atoms with van der Waals surface area (Å²) in [6.07, 6.45) is 1.25. The Balaban J connectivity index is 1.85. The number of ether oxygens (including phenoxy) is 1. The Hall–Kier alpha value is -3.86. The number of rotatable bonds is 2. The van der Waals surface area contributed by atoms with Gasteiger partial charge in [-0.1, -0.05) is 42.5 Å². The van der Waals surface area contributed by atoms with Gasteiger partial charge in [-0.15, -0.1) is 0 Å². The van der Waals surface area contributed by atoms with Crippen LogP contribution in [0.2, 0.25) is 0 Å². The molecular formula is C22H14O5. The maximum atomic E-state index is 12.8. The van der Waals surface area contributed by atoms with Gasteiger partial charge in [-0.2, -0.15) is 0 Å². The summed E-state index contributed by atoms with van der Waals surface area (Å²) in [6, 6.07) is 17.8. The van der Waals surface area contributed by atoms with E-state index >= 15 is 0 Å². The Morgan fingerprint density at radius 1 is 0.778 bits per heavy atom. The van der Waals surface area contributed by atoms with E-state index in [-0.39, 0.29) is 22.6 Å². The first-order chi connectivity index (χ1) is 13.1. The van der Waals surface area contributed by atoms with Crippen LogP contribution in [0.1, 0.15) is 37.4 Å². The Kier molecular flexibility index (Phi) is 3.97. The van der Waals surface area contributed by atoms with E-state index in [2.05, 4.69) is 0 Å². The van der Waals surface area contributed by atoms with Crippen LogP contribution >= 0.6 is 0 Å². The number of aromatic hydroxyl groups is 2. The van der Waals surface area contributed by atoms with E-state index in [9.17, 15) is 19.8 Å². The van der Waals surface area contributed by atoms with Crippen LogP contribution < -0.4 is 0 Å². The van der Waals surface area contributed by atoms with Gasteiger partial charge < -0.3 is 14.9 Å². The number of fused-ring (bicyclic) bond motifs is 2. The monoisotopic (exact) mass is 358 g/mol. The van der Waals surface area contributed by atoms with Crippen LogP contribution in [0.25, 0.3) is 5.57 Å². The first-order valence-corrected chi connectivity index (χ1v) is 8.23. The number of phenols is 2. The number of phenolic OH excluding ortho intramolecular Hbond substituents is 2. The number of carbonyl (C=O) groups excluding carboxylic acids is 2. The second-order valence-electron chi connectivity index (χ2n) is 6.03. The van der Waals surface area contributed by atoms with E-state index in [1.807, 2.05) is 0 Å². The molecule has 132 valence electrons. The molecular weight excluding hydrogens is 344 g/mol. The van der Waals surface area contributed by atoms with Gasteiger partial charge >= 0.3 is 5.97 Å². The van der Waals surface area contributed by atoms with Gasteiger partial charge in [0.1, 0.15) is 17.8 Å². The SMILES string of the molecule is O=C(OC=C1c2cccc(O)c2C(=O)c2c(O)cccc21)c1ccccc1. The molecule has 0 spiro atoms. The van der Waals surface area contributed by atoms with Gasteiger partial charge in [-0.3, -0.25) is 4.79 Å². The molecule has 4 rings (SSSR count). The minimum atomic E-state index is -0.552. The topological polar surface area (TPSA) is 83.8 Å². The fourth-order valence-electron chi connectivity index (χ4n) is 3.16. The summed E-state index contributed by atoms with van der Waals surface area (Å²) in [6.45, 7) is 0. The van der Waals surface area contributed by atoms with Crippen molar-refractivity contribution in [3.8, 4) is 11.5 Å². The summed E-state index contributed by atoms with van der Waals surface area (Å²) in [5.41, 5.74) is 1.80. The number of benzene rings is 3. The molecule has 5 nitrogen and oxygen atoms in total. The first-order valence-electron chi connectivity index (χ1n) is 8.23. The molecule has 3 aromatic carbocycles. The van der Waals surface area contributed by atoms with Gasteiger partial charge in [-0.25, -0.2) is 4.79 Å². The lowest BCUT2D eigenvalue weighted by molar-refractivity contribution is 0.0664. The second kappa shape index (κ2) is 6.46. The number of hydrogen-bond donors (Lipinski definition) is 2. The average molecular weight is 358 g/mol. The first kappa shape index (κ1) is 16.6. The standard InChI is InChI=1S/C22H14O5/c23-17-10-4-8-14-16(12-27-22(26)13-6-2-1-3-7-13)15-9-5-11-18(24)20(15)21(25)19(14)17/h1-12,23-24H. The van der Waals surface area contributed by atoms with Gasteiger partial charge in [-0.05, 0) is 24.3 Å². The zero-order valence-electron chi connectivity index (χ0n) is 14.0. The molecule has 0 heterocycles. The molecule has 0 fully saturated rings. The highest BCUT2D eigenvalue weighted by Gasteiger charge is 2.32. The molecule has 0 saturated heterocycles. The average Bonchev–Trinajstić information content (AvgIpc) is 2.68. The molecule has 3 aromatic rings. The predicted octanol–water partition coefficient (Wildman–Crippen LogP) is 3.89. The third kappa shape index (κ3) is 2.75. The molecule has 1 aliphatic carbocycles. The van der Waals surface area contributed by atoms with E-state index in [4.69, 9.17) is 4.74 Å². The van der Waals surface area contributed by atoms with Crippen LogP contribution in [0.3, 0.4) is 0 Å². The number of esters is 1. The predicted molar refractivity (Wildman–Crippen MR) is 98.6 cm³/mol. The second-order valence-corrected chi connectivity index (χ2v) is 6.03. The third-order valence-electron chi connectivity index (χ3n) is 4.41. The van der Waals surface area contributed by atoms with Crippen LogP contribution in [-0.4, -0.2) is 22.0 Å². The van der Waals surface area contributed by atoms with E-state index < -0.39 is 11.8 Å². The van der Waals surface area contributed by atoms with Crippen molar-refractivity contribution in [2.24, 2.45) is 0 Å². The van der Waals surface area contributed by atoms with Crippen LogP contribution in [0.4, 0.5) is 0 Å². The van der Waals surface area contributed by atoms with Crippen molar-refractivity contribution >= 4 is 17.3 Å². The number of carbonyl (C=O) groups is 2. The fourth-order valence-corrected chi connectivity index (χ4v) is 3.16. The Bertz CT molecular complexity index is 1040. The van der Waals surface area contributed by atoms with Crippen molar-refractivity contribution in [2.75, 3.05) is 0 Å². The normalized spacial score (nSPS) is 12.1. The summed E-state index contributed by atoms with van der Waals surface area (Å²) in [5.74, 6) is -1.44. The van der Waals surface area contributed by atoms with Crippen molar-refractivity contribution < 1.29 is 24.5 Å². The molecule has 0 saturated carbocycles. The van der Waals surface area contributed by atoms with Crippen molar-refractivity contribution in [2.45, 2.75) is 0 Å². The van der Waals surface area contributed by atoms with E-state index in [1.165, 1.54) is 18.4 Å². The zero-order valence-corrected chi connectivity index (χ0v) is 14.0. The molecule has 0 amide bonds. The van der Waals surface area contributed by atoms with Crippen molar-refractivity contribution in [1.82, 2.24) is 0 Å². The van der Waals surface area contributed by atoms with Crippen molar-refractivity contribution in [3.05, 3.63) is 101 Å². The van der Waals surface area contributed by atoms with Crippen molar-refractivity contribution in [3.63, 3.8) is 0 Å². The third-order valence-corrected chi connectivity index (χ3v) is 4.41. The fraction of sp³-hybridized carbons (Fsp3) is 0. The zero-order chi connectivity index (χ0) is 19.0. The molecule has 0 unspecified atom stereocenters. The molecule has 0 bridgehead atoms. The van der Waals surface area contributed by atoms with Gasteiger partial charge in [0.2, 0.25) is 5.78 Å². The van der Waals surface area contributed by atoms with Crippen LogP contribution in [0.15, 0.2) is 73.0 Å². The maximum absolute atomic E-state index is 12.8. The summed E-state index contributed by atoms with van der Waals surface area (Å²) in [5, 5.41) is 20.4. The quantitative estimate of drug-likeness (QED) is 0.420. The Labute approximate surface area is 154 Å². The number of hydrogen-bond acceptors (Lipinski definition) is 5. The molecule has 2 N–H and O–H groups in total. The molecule has 0 aliphatic heterocycles. The lowest BCUT2D eigenvalue weighted by atomic mass is 9.81. The molecule has 0 radical (unpaired) electrons. The van der Waals surface area contributed by atoms with Gasteiger partial charge in [0, 0.05) is 16.7 Å². The number of ketones is 1. The smallest absolute Gasteiger partial charge is 0.342 e. The highest BCUT2D eigenvalue weighted by atomic mass is 16.5. The highest BCUT2D eigenvalue weighted by Crippen LogP contribution is 2.42. The molecule has 5 heteroatoms. The Morgan fingerprint density at radius 3 is 1.89 bits per heavy atom. The van der Waals surface area contributed by atoms with Crippen LogP contribution in [0.5, 0.6) is 11.5 Å². The molecule has 0 aromatic heterocycles. The van der Waals surface area contributed by atoms with Gasteiger partial charge in [0.15, 0.2) is 0 Å². The summed E-state index contributed by atoms with van der Waals surface area (Å²) >= 11 is 0. The largest absolute Gasteiger partial charge is 0.507 e. The van der Waals surface area contributed by atoms with Crippen molar-refractivity contribution in [1.29, 1.82) is 0 Å². The van der Waals surface area contributed by atoms with Gasteiger partial charge in [0.05, 0.1) is 16.7 Å². The van der Waals surface area contributed by atoms with E-state index in [0.29, 0.717) is 22.3 Å². The summed E-state index contributed by atoms with van der Waals surface area (Å²) in [7, 11) is 0. The summed E-state index contributed by atoms with van der Waals surface area (Å²) in [4.78, 5) is 25.1.